The van der Waals surface area contributed by atoms with E-state index in [1.165, 1.54) is 0 Å². The van der Waals surface area contributed by atoms with Gasteiger partial charge in [-0.2, -0.15) is 74.6 Å². The highest BCUT2D eigenvalue weighted by atomic mass is 19.4. The highest BCUT2D eigenvalue weighted by Gasteiger charge is 2.95. The molecule has 1 N–H and O–H groups in total. The lowest BCUT2D eigenvalue weighted by atomic mass is 9.89. The molecular formula is C11H5F17O. The number of alkyl halides is 17. The van der Waals surface area contributed by atoms with E-state index in [4.69, 9.17) is 5.11 Å². The first-order valence-electron chi connectivity index (χ1n) is 6.31. The lowest BCUT2D eigenvalue weighted by Crippen LogP contribution is -2.74. The van der Waals surface area contributed by atoms with E-state index in [1.54, 1.807) is 0 Å². The van der Waals surface area contributed by atoms with Crippen LogP contribution in [-0.2, 0) is 0 Å². The van der Waals surface area contributed by atoms with Gasteiger partial charge in [0, 0.05) is 0 Å². The second-order valence-electron chi connectivity index (χ2n) is 5.15. The van der Waals surface area contributed by atoms with E-state index in [0.717, 1.165) is 0 Å². The number of aliphatic hydroxyl groups is 1. The molecule has 0 aliphatic heterocycles. The van der Waals surface area contributed by atoms with Gasteiger partial charge in [0.1, 0.15) is 0 Å². The average Bonchev–Trinajstić information content (AvgIpc) is 2.50. The summed E-state index contributed by atoms with van der Waals surface area (Å²) in [5.74, 6) is -56.6. The Morgan fingerprint density at radius 3 is 1.00 bits per heavy atom. The Kier molecular flexibility index (Phi) is 6.68. The van der Waals surface area contributed by atoms with Gasteiger partial charge in [0.05, 0.1) is 6.61 Å². The van der Waals surface area contributed by atoms with E-state index in [0.29, 0.717) is 0 Å². The second-order valence-corrected chi connectivity index (χ2v) is 5.15. The van der Waals surface area contributed by atoms with Crippen LogP contribution >= 0.6 is 0 Å². The third-order valence-corrected chi connectivity index (χ3v) is 3.18. The maximum atomic E-state index is 13.2. The van der Waals surface area contributed by atoms with Gasteiger partial charge >= 0.3 is 47.6 Å². The largest absolute Gasteiger partial charge is 0.460 e. The molecule has 0 aromatic carbocycles. The molecule has 0 saturated carbocycles. The third kappa shape index (κ3) is 3.60. The average molecular weight is 476 g/mol. The first kappa shape index (κ1) is 27.5. The van der Waals surface area contributed by atoms with Crippen LogP contribution in [0.4, 0.5) is 74.6 Å². The number of hydrogen-bond acceptors (Lipinski definition) is 1. The summed E-state index contributed by atoms with van der Waals surface area (Å²) in [5, 5.41) is 8.05. The van der Waals surface area contributed by atoms with E-state index >= 15 is 0 Å². The molecule has 0 atom stereocenters. The number of aliphatic hydroxyl groups excluding tert-OH is 1. The van der Waals surface area contributed by atoms with Gasteiger partial charge in [-0.1, -0.05) is 6.08 Å². The fourth-order valence-corrected chi connectivity index (χ4v) is 1.48. The van der Waals surface area contributed by atoms with Gasteiger partial charge in [0.2, 0.25) is 0 Å². The van der Waals surface area contributed by atoms with Crippen LogP contribution < -0.4 is 0 Å². The van der Waals surface area contributed by atoms with Gasteiger partial charge in [0.15, 0.2) is 0 Å². The van der Waals surface area contributed by atoms with Crippen molar-refractivity contribution in [3.8, 4) is 0 Å². The molecule has 18 heteroatoms. The molecule has 0 radical (unpaired) electrons. The van der Waals surface area contributed by atoms with Crippen LogP contribution in [0.25, 0.3) is 0 Å². The lowest BCUT2D eigenvalue weighted by Gasteiger charge is -2.42. The van der Waals surface area contributed by atoms with Crippen molar-refractivity contribution in [2.75, 3.05) is 6.61 Å². The van der Waals surface area contributed by atoms with E-state index in [1.807, 2.05) is 0 Å². The molecule has 0 fully saturated rings. The number of hydrogen-bond donors (Lipinski definition) is 1. The molecule has 0 aromatic rings. The molecule has 0 heterocycles. The Morgan fingerprint density at radius 1 is 0.448 bits per heavy atom. The molecule has 0 rings (SSSR count). The van der Waals surface area contributed by atoms with Crippen LogP contribution in [-0.4, -0.2) is 59.3 Å². The minimum absolute atomic E-state index is 0.507. The summed E-state index contributed by atoms with van der Waals surface area (Å²) in [4.78, 5) is 0. The minimum atomic E-state index is -8.64. The van der Waals surface area contributed by atoms with Crippen molar-refractivity contribution in [3.05, 3.63) is 12.2 Å². The Balaban J connectivity index is 6.69. The van der Waals surface area contributed by atoms with Crippen molar-refractivity contribution in [3.63, 3.8) is 0 Å². The zero-order valence-corrected chi connectivity index (χ0v) is 12.7. The predicted molar refractivity (Wildman–Crippen MR) is 56.9 cm³/mol. The molecule has 0 aromatic heterocycles. The van der Waals surface area contributed by atoms with E-state index in [2.05, 4.69) is 0 Å². The zero-order valence-electron chi connectivity index (χ0n) is 12.7. The van der Waals surface area contributed by atoms with Gasteiger partial charge in [-0.05, 0) is 6.08 Å². The van der Waals surface area contributed by atoms with Crippen LogP contribution in [0.2, 0.25) is 0 Å². The molecule has 0 aliphatic rings. The summed E-state index contributed by atoms with van der Waals surface area (Å²) in [7, 11) is 0. The van der Waals surface area contributed by atoms with Gasteiger partial charge in [0.25, 0.3) is 0 Å². The Hall–Kier alpha value is -1.49. The Bertz CT molecular complexity index is 613. The quantitative estimate of drug-likeness (QED) is 0.360. The van der Waals surface area contributed by atoms with Crippen molar-refractivity contribution < 1.29 is 79.7 Å². The topological polar surface area (TPSA) is 20.2 Å². The van der Waals surface area contributed by atoms with Gasteiger partial charge < -0.3 is 5.11 Å². The molecule has 0 spiro atoms. The fourth-order valence-electron chi connectivity index (χ4n) is 1.48. The third-order valence-electron chi connectivity index (χ3n) is 3.18. The Labute approximate surface area is 147 Å². The van der Waals surface area contributed by atoms with Crippen LogP contribution in [0, 0.1) is 0 Å². The molecule has 1 nitrogen and oxygen atoms in total. The molecule has 0 aliphatic carbocycles. The molecule has 0 amide bonds. The number of rotatable bonds is 8. The summed E-state index contributed by atoms with van der Waals surface area (Å²) < 4.78 is 217. The molecular weight excluding hydrogens is 471 g/mol. The monoisotopic (exact) mass is 476 g/mol. The van der Waals surface area contributed by atoms with Gasteiger partial charge in [-0.15, -0.1) is 0 Å². The van der Waals surface area contributed by atoms with Crippen LogP contribution in [0.1, 0.15) is 0 Å². The van der Waals surface area contributed by atoms with Gasteiger partial charge in [-0.25, -0.2) is 0 Å². The maximum Gasteiger partial charge on any atom is 0.460 e. The summed E-state index contributed by atoms with van der Waals surface area (Å²) in [6, 6.07) is 0. The van der Waals surface area contributed by atoms with E-state index in [9.17, 15) is 74.6 Å². The lowest BCUT2D eigenvalue weighted by molar-refractivity contribution is -0.459. The number of allylic oxidation sites excluding steroid dienone is 1. The van der Waals surface area contributed by atoms with Crippen molar-refractivity contribution in [1.82, 2.24) is 0 Å². The summed E-state index contributed by atoms with van der Waals surface area (Å²) in [6.45, 7) is -1.64. The standard InChI is InChI=1S/C11H5F17O/c12-4(13,2-1-3-29)5(14,15)6(16,17)7(18,19)8(20,21)9(22,23)10(24,25)11(26,27)28/h1-2,29H,3H2/b2-1+. The molecule has 0 unspecified atom stereocenters. The summed E-state index contributed by atoms with van der Waals surface area (Å²) in [6.07, 6.45) is -9.73. The molecule has 0 bridgehead atoms. The first-order valence-corrected chi connectivity index (χ1v) is 6.31. The molecule has 174 valence electrons. The number of halogens is 17. The van der Waals surface area contributed by atoms with Crippen molar-refractivity contribution in [2.24, 2.45) is 0 Å². The normalized spacial score (nSPS) is 16.6. The fraction of sp³-hybridized carbons (Fsp3) is 0.818. The summed E-state index contributed by atoms with van der Waals surface area (Å²) >= 11 is 0. The van der Waals surface area contributed by atoms with Crippen LogP contribution in [0.5, 0.6) is 0 Å². The predicted octanol–water partition coefficient (Wildman–Crippen LogP) is 5.54. The molecule has 0 saturated heterocycles. The van der Waals surface area contributed by atoms with Crippen LogP contribution in [0.3, 0.4) is 0 Å². The van der Waals surface area contributed by atoms with Gasteiger partial charge in [-0.3, -0.25) is 0 Å². The smallest absolute Gasteiger partial charge is 0.392 e. The van der Waals surface area contributed by atoms with Crippen LogP contribution in [0.15, 0.2) is 12.2 Å². The highest BCUT2D eigenvalue weighted by molar-refractivity contribution is 5.17. The van der Waals surface area contributed by atoms with Crippen molar-refractivity contribution in [2.45, 2.75) is 47.6 Å². The Morgan fingerprint density at radius 2 is 0.724 bits per heavy atom. The zero-order chi connectivity index (χ0) is 24.1. The summed E-state index contributed by atoms with van der Waals surface area (Å²) in [5.41, 5.74) is 0. The van der Waals surface area contributed by atoms with E-state index < -0.39 is 66.4 Å². The highest BCUT2D eigenvalue weighted by Crippen LogP contribution is 2.63. The SMILES string of the molecule is OC/C=C/C(F)(F)C(F)(F)C(F)(F)C(F)(F)C(F)(F)C(F)(F)C(F)(F)C(F)(F)F. The first-order chi connectivity index (χ1) is 12.3. The second kappa shape index (κ2) is 7.04. The van der Waals surface area contributed by atoms with E-state index in [-0.39, 0.29) is 0 Å². The molecule has 29 heavy (non-hydrogen) atoms. The van der Waals surface area contributed by atoms with Crippen molar-refractivity contribution >= 4 is 0 Å². The maximum absolute atomic E-state index is 13.2. The minimum Gasteiger partial charge on any atom is -0.392 e. The van der Waals surface area contributed by atoms with Crippen molar-refractivity contribution in [1.29, 1.82) is 0 Å².